The first-order valence-corrected chi connectivity index (χ1v) is 7.88. The molecule has 1 aromatic rings. The number of thioether (sulfide) groups is 1. The van der Waals surface area contributed by atoms with E-state index in [1.807, 2.05) is 18.0 Å². The molecule has 0 saturated carbocycles. The maximum Gasteiger partial charge on any atom is 0.138 e. The van der Waals surface area contributed by atoms with Crippen LogP contribution in [0.5, 0.6) is 0 Å². The van der Waals surface area contributed by atoms with Gasteiger partial charge in [-0.3, -0.25) is 0 Å². The predicted molar refractivity (Wildman–Crippen MR) is 79.8 cm³/mol. The summed E-state index contributed by atoms with van der Waals surface area (Å²) in [5.74, 6) is 3.74. The van der Waals surface area contributed by atoms with Crippen molar-refractivity contribution in [1.82, 2.24) is 15.3 Å². The number of hydrogen-bond donors (Lipinski definition) is 1. The number of hydrogen-bond acceptors (Lipinski definition) is 4. The van der Waals surface area contributed by atoms with Gasteiger partial charge in [-0.25, -0.2) is 9.97 Å². The molecule has 1 aromatic heterocycles. The maximum atomic E-state index is 4.57. The summed E-state index contributed by atoms with van der Waals surface area (Å²) < 4.78 is 0. The topological polar surface area (TPSA) is 37.8 Å². The molecular formula is C14H25N3S. The molecule has 0 aliphatic rings. The van der Waals surface area contributed by atoms with E-state index in [1.165, 1.54) is 17.7 Å². The van der Waals surface area contributed by atoms with E-state index in [0.29, 0.717) is 5.92 Å². The van der Waals surface area contributed by atoms with Crippen LogP contribution < -0.4 is 5.32 Å². The van der Waals surface area contributed by atoms with Crippen LogP contribution in [0.25, 0.3) is 0 Å². The maximum absolute atomic E-state index is 4.57. The molecule has 0 fully saturated rings. The van der Waals surface area contributed by atoms with Gasteiger partial charge < -0.3 is 5.32 Å². The van der Waals surface area contributed by atoms with Gasteiger partial charge in [0.25, 0.3) is 0 Å². The second kappa shape index (κ2) is 8.48. The van der Waals surface area contributed by atoms with E-state index in [2.05, 4.69) is 43.0 Å². The average Bonchev–Trinajstić information content (AvgIpc) is 2.32. The third-order valence-electron chi connectivity index (χ3n) is 2.58. The molecule has 102 valence electrons. The molecule has 1 N–H and O–H groups in total. The van der Waals surface area contributed by atoms with E-state index in [1.54, 1.807) is 0 Å². The molecule has 4 heteroatoms. The average molecular weight is 267 g/mol. The Morgan fingerprint density at radius 1 is 1.39 bits per heavy atom. The Hall–Kier alpha value is -0.610. The van der Waals surface area contributed by atoms with Crippen molar-refractivity contribution >= 4 is 11.8 Å². The van der Waals surface area contributed by atoms with Crippen LogP contribution in [0.3, 0.4) is 0 Å². The Morgan fingerprint density at radius 3 is 2.78 bits per heavy atom. The van der Waals surface area contributed by atoms with Gasteiger partial charge in [0.15, 0.2) is 0 Å². The van der Waals surface area contributed by atoms with Crippen LogP contribution in [0.15, 0.2) is 6.20 Å². The van der Waals surface area contributed by atoms with Gasteiger partial charge in [0.05, 0.1) is 5.75 Å². The highest BCUT2D eigenvalue weighted by Gasteiger charge is 2.03. The molecule has 0 atom stereocenters. The molecule has 1 heterocycles. The lowest BCUT2D eigenvalue weighted by Gasteiger charge is -2.09. The van der Waals surface area contributed by atoms with Crippen LogP contribution in [0, 0.1) is 12.8 Å². The van der Waals surface area contributed by atoms with Crippen molar-refractivity contribution in [3.05, 3.63) is 23.3 Å². The lowest BCUT2D eigenvalue weighted by Crippen LogP contribution is -2.20. The smallest absolute Gasteiger partial charge is 0.138 e. The number of nitrogens with one attached hydrogen (secondary N) is 1. The Labute approximate surface area is 115 Å². The number of nitrogens with zero attached hydrogens (tertiary/aromatic N) is 2. The van der Waals surface area contributed by atoms with Crippen LogP contribution in [0.4, 0.5) is 0 Å². The third kappa shape index (κ3) is 5.83. The summed E-state index contributed by atoms with van der Waals surface area (Å²) in [6.45, 7) is 10.6. The summed E-state index contributed by atoms with van der Waals surface area (Å²) in [6, 6.07) is 0. The van der Waals surface area contributed by atoms with Gasteiger partial charge in [-0.05, 0) is 31.6 Å². The summed E-state index contributed by atoms with van der Waals surface area (Å²) in [5.41, 5.74) is 2.31. The Kier molecular flexibility index (Phi) is 7.28. The molecule has 0 aromatic carbocycles. The van der Waals surface area contributed by atoms with E-state index in [0.717, 1.165) is 30.4 Å². The normalized spacial score (nSPS) is 11.2. The van der Waals surface area contributed by atoms with Crippen LogP contribution in [-0.4, -0.2) is 22.3 Å². The fourth-order valence-corrected chi connectivity index (χ4v) is 2.34. The molecule has 0 bridgehead atoms. The quantitative estimate of drug-likeness (QED) is 0.734. The molecule has 0 aliphatic heterocycles. The van der Waals surface area contributed by atoms with E-state index in [-0.39, 0.29) is 0 Å². The standard InChI is InChI=1S/C14H25N3S/c1-5-6-18-10-14-16-9-13(12(4)17-14)8-15-7-11(2)3/h9,11,15H,5-8,10H2,1-4H3. The Balaban J connectivity index is 2.46. The summed E-state index contributed by atoms with van der Waals surface area (Å²) in [4.78, 5) is 9.01. The molecule has 0 radical (unpaired) electrons. The van der Waals surface area contributed by atoms with Crippen LogP contribution in [-0.2, 0) is 12.3 Å². The molecule has 1 rings (SSSR count). The SMILES string of the molecule is CCCSCc1ncc(CNCC(C)C)c(C)n1. The molecular weight excluding hydrogens is 242 g/mol. The van der Waals surface area contributed by atoms with Crippen molar-refractivity contribution in [3.63, 3.8) is 0 Å². The van der Waals surface area contributed by atoms with Crippen molar-refractivity contribution in [1.29, 1.82) is 0 Å². The highest BCUT2D eigenvalue weighted by Crippen LogP contribution is 2.11. The molecule has 0 spiro atoms. The summed E-state index contributed by atoms with van der Waals surface area (Å²) in [7, 11) is 0. The first-order valence-electron chi connectivity index (χ1n) is 6.73. The number of rotatable bonds is 8. The second-order valence-electron chi connectivity index (χ2n) is 4.97. The Bertz CT molecular complexity index is 353. The van der Waals surface area contributed by atoms with Gasteiger partial charge in [-0.15, -0.1) is 0 Å². The Morgan fingerprint density at radius 2 is 2.17 bits per heavy atom. The molecule has 3 nitrogen and oxygen atoms in total. The minimum absolute atomic E-state index is 0.677. The van der Waals surface area contributed by atoms with Crippen molar-refractivity contribution in [2.24, 2.45) is 5.92 Å². The number of aryl methyl sites for hydroxylation is 1. The predicted octanol–water partition coefficient (Wildman–Crippen LogP) is 3.17. The van der Waals surface area contributed by atoms with Gasteiger partial charge in [-0.1, -0.05) is 20.8 Å². The zero-order valence-electron chi connectivity index (χ0n) is 12.0. The fraction of sp³-hybridized carbons (Fsp3) is 0.714. The second-order valence-corrected chi connectivity index (χ2v) is 6.08. The van der Waals surface area contributed by atoms with E-state index in [9.17, 15) is 0 Å². The van der Waals surface area contributed by atoms with E-state index >= 15 is 0 Å². The zero-order chi connectivity index (χ0) is 13.4. The van der Waals surface area contributed by atoms with Crippen molar-refractivity contribution in [2.75, 3.05) is 12.3 Å². The van der Waals surface area contributed by atoms with Crippen LogP contribution in [0.2, 0.25) is 0 Å². The molecule has 0 amide bonds. The van der Waals surface area contributed by atoms with Gasteiger partial charge in [0, 0.05) is 24.0 Å². The van der Waals surface area contributed by atoms with Gasteiger partial charge in [0.2, 0.25) is 0 Å². The largest absolute Gasteiger partial charge is 0.312 e. The van der Waals surface area contributed by atoms with E-state index in [4.69, 9.17) is 0 Å². The monoisotopic (exact) mass is 267 g/mol. The zero-order valence-corrected chi connectivity index (χ0v) is 12.8. The minimum Gasteiger partial charge on any atom is -0.312 e. The fourth-order valence-electron chi connectivity index (χ4n) is 1.59. The third-order valence-corrected chi connectivity index (χ3v) is 3.74. The van der Waals surface area contributed by atoms with Crippen LogP contribution >= 0.6 is 11.8 Å². The molecule has 0 saturated heterocycles. The van der Waals surface area contributed by atoms with Crippen molar-refractivity contribution in [2.45, 2.75) is 46.4 Å². The van der Waals surface area contributed by atoms with E-state index < -0.39 is 0 Å². The van der Waals surface area contributed by atoms with Crippen molar-refractivity contribution in [3.8, 4) is 0 Å². The highest BCUT2D eigenvalue weighted by atomic mass is 32.2. The first-order chi connectivity index (χ1) is 8.63. The minimum atomic E-state index is 0.677. The van der Waals surface area contributed by atoms with Gasteiger partial charge >= 0.3 is 0 Å². The molecule has 0 aliphatic carbocycles. The summed E-state index contributed by atoms with van der Waals surface area (Å²) in [5, 5.41) is 3.43. The first kappa shape index (κ1) is 15.4. The molecule has 0 unspecified atom stereocenters. The number of aromatic nitrogens is 2. The highest BCUT2D eigenvalue weighted by molar-refractivity contribution is 7.98. The summed E-state index contributed by atoms with van der Waals surface area (Å²) in [6.07, 6.45) is 3.18. The lowest BCUT2D eigenvalue weighted by molar-refractivity contribution is 0.550. The van der Waals surface area contributed by atoms with Gasteiger partial charge in [-0.2, -0.15) is 11.8 Å². The molecule has 18 heavy (non-hydrogen) atoms. The summed E-state index contributed by atoms with van der Waals surface area (Å²) >= 11 is 1.90. The lowest BCUT2D eigenvalue weighted by atomic mass is 10.2. The van der Waals surface area contributed by atoms with Gasteiger partial charge in [0.1, 0.15) is 5.82 Å². The van der Waals surface area contributed by atoms with Crippen molar-refractivity contribution < 1.29 is 0 Å². The van der Waals surface area contributed by atoms with Crippen LogP contribution in [0.1, 0.15) is 44.3 Å².